The molecule has 0 unspecified atom stereocenters. The highest BCUT2D eigenvalue weighted by Crippen LogP contribution is 2.35. The van der Waals surface area contributed by atoms with E-state index < -0.39 is 11.7 Å². The molecule has 1 spiro atoms. The molecule has 134 valence electrons. The lowest BCUT2D eigenvalue weighted by atomic mass is 9.82. The van der Waals surface area contributed by atoms with Crippen LogP contribution in [0.4, 0.5) is 4.39 Å². The lowest BCUT2D eigenvalue weighted by Crippen LogP contribution is -2.56. The molecule has 2 aliphatic rings. The summed E-state index contributed by atoms with van der Waals surface area (Å²) in [5.74, 6) is -0.361. The van der Waals surface area contributed by atoms with Crippen LogP contribution in [0, 0.1) is 5.82 Å². The number of amides is 1. The molecule has 2 aromatic rings. The molecule has 25 heavy (non-hydrogen) atoms. The lowest BCUT2D eigenvalue weighted by molar-refractivity contribution is -0.174. The number of hydrogen-bond acceptors (Lipinski definition) is 3. The number of ether oxygens (including phenoxy) is 1. The number of carbonyl (C=O) groups excluding carboxylic acids is 1. The predicted molar refractivity (Wildman–Crippen MR) is 91.9 cm³/mol. The first-order valence-electron chi connectivity index (χ1n) is 8.86. The minimum absolute atomic E-state index is 0.0562. The van der Waals surface area contributed by atoms with Crippen molar-refractivity contribution in [1.82, 2.24) is 9.47 Å². The normalized spacial score (nSPS) is 23.3. The van der Waals surface area contributed by atoms with E-state index in [-0.39, 0.29) is 11.7 Å². The van der Waals surface area contributed by atoms with Gasteiger partial charge in [-0.3, -0.25) is 4.79 Å². The summed E-state index contributed by atoms with van der Waals surface area (Å²) in [6, 6.07) is 6.29. The second-order valence-electron chi connectivity index (χ2n) is 7.16. The number of aromatic nitrogens is 1. The number of fused-ring (bicyclic) bond motifs is 1. The van der Waals surface area contributed by atoms with Crippen molar-refractivity contribution in [3.8, 4) is 0 Å². The number of likely N-dealkylation sites (tertiary alicyclic amines) is 1. The summed E-state index contributed by atoms with van der Waals surface area (Å²) in [5.41, 5.74) is 0.905. The van der Waals surface area contributed by atoms with Gasteiger partial charge in [-0.15, -0.1) is 0 Å². The molecule has 5 nitrogen and oxygen atoms in total. The van der Waals surface area contributed by atoms with E-state index in [4.69, 9.17) is 4.74 Å². The smallest absolute Gasteiger partial charge is 0.270 e. The van der Waals surface area contributed by atoms with Crippen molar-refractivity contribution >= 4 is 16.8 Å². The summed E-state index contributed by atoms with van der Waals surface area (Å²) in [4.78, 5) is 14.7. The standard InChI is InChI=1S/C19H23FN2O3/c1-21-15-5-4-14(20)11-13(15)12-16(21)18(24)22-8-6-19(7-9-22)17(23)3-2-10-25-19/h4-5,11-12,17,23H,2-3,6-10H2,1H3/t17-/m0/s1. The molecular weight excluding hydrogens is 323 g/mol. The maximum Gasteiger partial charge on any atom is 0.270 e. The van der Waals surface area contributed by atoms with Crippen LogP contribution in [0.15, 0.2) is 24.3 Å². The fraction of sp³-hybridized carbons (Fsp3) is 0.526. The fourth-order valence-corrected chi connectivity index (χ4v) is 4.16. The molecule has 3 heterocycles. The van der Waals surface area contributed by atoms with E-state index in [0.29, 0.717) is 38.2 Å². The first kappa shape index (κ1) is 16.5. The van der Waals surface area contributed by atoms with Gasteiger partial charge in [0, 0.05) is 37.6 Å². The third-order valence-corrected chi connectivity index (χ3v) is 5.74. The summed E-state index contributed by atoms with van der Waals surface area (Å²) < 4.78 is 21.1. The molecule has 1 aromatic heterocycles. The van der Waals surface area contributed by atoms with E-state index in [1.54, 1.807) is 17.0 Å². The van der Waals surface area contributed by atoms with E-state index in [1.165, 1.54) is 12.1 Å². The van der Waals surface area contributed by atoms with Crippen LogP contribution >= 0.6 is 0 Å². The fourth-order valence-electron chi connectivity index (χ4n) is 4.16. The lowest BCUT2D eigenvalue weighted by Gasteiger charge is -2.46. The van der Waals surface area contributed by atoms with Crippen molar-refractivity contribution < 1.29 is 19.0 Å². The van der Waals surface area contributed by atoms with Crippen molar-refractivity contribution in [2.24, 2.45) is 7.05 Å². The van der Waals surface area contributed by atoms with E-state index in [9.17, 15) is 14.3 Å². The number of nitrogens with zero attached hydrogens (tertiary/aromatic N) is 2. The first-order chi connectivity index (χ1) is 12.0. The summed E-state index contributed by atoms with van der Waals surface area (Å²) in [6.07, 6.45) is 2.51. The zero-order chi connectivity index (χ0) is 17.6. The monoisotopic (exact) mass is 346 g/mol. The highest BCUT2D eigenvalue weighted by atomic mass is 19.1. The molecule has 2 aliphatic heterocycles. The average molecular weight is 346 g/mol. The Kier molecular flexibility index (Phi) is 4.04. The van der Waals surface area contributed by atoms with Gasteiger partial charge in [0.05, 0.1) is 11.7 Å². The Morgan fingerprint density at radius 3 is 2.80 bits per heavy atom. The van der Waals surface area contributed by atoms with Gasteiger partial charge in [0.2, 0.25) is 0 Å². The SMILES string of the molecule is Cn1c(C(=O)N2CCC3(CC2)OCCC[C@@H]3O)cc2cc(F)ccc21. The van der Waals surface area contributed by atoms with Crippen LogP contribution in [-0.2, 0) is 11.8 Å². The largest absolute Gasteiger partial charge is 0.390 e. The molecule has 0 bridgehead atoms. The molecule has 0 saturated carbocycles. The van der Waals surface area contributed by atoms with Crippen molar-refractivity contribution in [1.29, 1.82) is 0 Å². The van der Waals surface area contributed by atoms with Gasteiger partial charge >= 0.3 is 0 Å². The van der Waals surface area contributed by atoms with Gasteiger partial charge in [0.15, 0.2) is 0 Å². The van der Waals surface area contributed by atoms with Crippen molar-refractivity contribution in [2.45, 2.75) is 37.4 Å². The van der Waals surface area contributed by atoms with Crippen LogP contribution in [-0.4, -0.2) is 51.9 Å². The topological polar surface area (TPSA) is 54.7 Å². The van der Waals surface area contributed by atoms with Gasteiger partial charge in [-0.05, 0) is 49.9 Å². The highest BCUT2D eigenvalue weighted by molar-refractivity contribution is 5.98. The molecule has 4 rings (SSSR count). The summed E-state index contributed by atoms with van der Waals surface area (Å²) in [5, 5.41) is 11.1. The number of carbonyl (C=O) groups is 1. The van der Waals surface area contributed by atoms with Crippen LogP contribution in [0.2, 0.25) is 0 Å². The third kappa shape index (κ3) is 2.73. The van der Waals surface area contributed by atoms with Crippen LogP contribution in [0.25, 0.3) is 10.9 Å². The number of benzene rings is 1. The Morgan fingerprint density at radius 1 is 1.32 bits per heavy atom. The number of piperidine rings is 1. The summed E-state index contributed by atoms with van der Waals surface area (Å²) in [6.45, 7) is 1.80. The maximum atomic E-state index is 13.4. The van der Waals surface area contributed by atoms with E-state index in [0.717, 1.165) is 23.7 Å². The molecule has 1 atom stereocenters. The third-order valence-electron chi connectivity index (χ3n) is 5.74. The summed E-state index contributed by atoms with van der Waals surface area (Å²) in [7, 11) is 1.83. The van der Waals surface area contributed by atoms with Crippen LogP contribution in [0.1, 0.15) is 36.2 Å². The Morgan fingerprint density at radius 2 is 2.08 bits per heavy atom. The van der Waals surface area contributed by atoms with Gasteiger partial charge in [0.1, 0.15) is 11.5 Å². The van der Waals surface area contributed by atoms with Crippen LogP contribution < -0.4 is 0 Å². The Labute approximate surface area is 146 Å². The first-order valence-corrected chi connectivity index (χ1v) is 8.86. The minimum atomic E-state index is -0.489. The van der Waals surface area contributed by atoms with Crippen LogP contribution in [0.5, 0.6) is 0 Å². The molecular formula is C19H23FN2O3. The molecule has 1 N–H and O–H groups in total. The van der Waals surface area contributed by atoms with E-state index >= 15 is 0 Å². The number of halogens is 1. The number of aryl methyl sites for hydroxylation is 1. The zero-order valence-corrected chi connectivity index (χ0v) is 14.4. The van der Waals surface area contributed by atoms with Gasteiger partial charge in [-0.2, -0.15) is 0 Å². The highest BCUT2D eigenvalue weighted by Gasteiger charge is 2.44. The molecule has 1 aromatic carbocycles. The van der Waals surface area contributed by atoms with Gasteiger partial charge < -0.3 is 19.3 Å². The maximum absolute atomic E-state index is 13.4. The average Bonchev–Trinajstić information content (AvgIpc) is 2.94. The Balaban J connectivity index is 1.54. The molecule has 2 saturated heterocycles. The van der Waals surface area contributed by atoms with Crippen molar-refractivity contribution in [3.05, 3.63) is 35.8 Å². The molecule has 2 fully saturated rings. The van der Waals surface area contributed by atoms with E-state index in [1.807, 2.05) is 11.6 Å². The Bertz CT molecular complexity index is 808. The zero-order valence-electron chi connectivity index (χ0n) is 14.4. The van der Waals surface area contributed by atoms with Gasteiger partial charge in [-0.1, -0.05) is 0 Å². The number of rotatable bonds is 1. The molecule has 1 amide bonds. The second kappa shape index (κ2) is 6.11. The molecule has 0 radical (unpaired) electrons. The number of aliphatic hydroxyl groups excluding tert-OH is 1. The quantitative estimate of drug-likeness (QED) is 0.863. The van der Waals surface area contributed by atoms with Crippen molar-refractivity contribution in [3.63, 3.8) is 0 Å². The number of hydrogen-bond donors (Lipinski definition) is 1. The Hall–Kier alpha value is -1.92. The molecule has 0 aliphatic carbocycles. The predicted octanol–water partition coefficient (Wildman–Crippen LogP) is 2.46. The van der Waals surface area contributed by atoms with Crippen molar-refractivity contribution in [2.75, 3.05) is 19.7 Å². The van der Waals surface area contributed by atoms with E-state index in [2.05, 4.69) is 0 Å². The molecule has 6 heteroatoms. The summed E-state index contributed by atoms with van der Waals surface area (Å²) >= 11 is 0. The van der Waals surface area contributed by atoms with Gasteiger partial charge in [0.25, 0.3) is 5.91 Å². The van der Waals surface area contributed by atoms with Gasteiger partial charge in [-0.25, -0.2) is 4.39 Å². The minimum Gasteiger partial charge on any atom is -0.390 e. The number of aliphatic hydroxyl groups is 1. The second-order valence-corrected chi connectivity index (χ2v) is 7.16. The van der Waals surface area contributed by atoms with Crippen LogP contribution in [0.3, 0.4) is 0 Å².